The van der Waals surface area contributed by atoms with Crippen molar-refractivity contribution in [3.8, 4) is 0 Å². The third-order valence-electron chi connectivity index (χ3n) is 4.22. The van der Waals surface area contributed by atoms with Gasteiger partial charge in [-0.05, 0) is 24.3 Å². The molecule has 1 aliphatic heterocycles. The summed E-state index contributed by atoms with van der Waals surface area (Å²) in [5.41, 5.74) is 0.437. The molecule has 2 atom stereocenters. The lowest BCUT2D eigenvalue weighted by atomic mass is 10.2. The maximum Gasteiger partial charge on any atom is 0.337 e. The number of alkyl halides is 4. The van der Waals surface area contributed by atoms with E-state index in [4.69, 9.17) is 46.4 Å². The van der Waals surface area contributed by atoms with Gasteiger partial charge < -0.3 is 5.32 Å². The lowest BCUT2D eigenvalue weighted by molar-refractivity contribution is -0.119. The summed E-state index contributed by atoms with van der Waals surface area (Å²) in [6.07, 6.45) is -1.14. The van der Waals surface area contributed by atoms with Crippen LogP contribution in [0.3, 0.4) is 0 Å². The van der Waals surface area contributed by atoms with E-state index in [0.717, 1.165) is 15.9 Å². The zero-order valence-corrected chi connectivity index (χ0v) is 18.4. The number of halogens is 5. The molecule has 0 aromatic heterocycles. The number of carbonyl (C=O) groups is 2. The van der Waals surface area contributed by atoms with Gasteiger partial charge in [0.05, 0.1) is 5.69 Å². The summed E-state index contributed by atoms with van der Waals surface area (Å²) in [7, 11) is 1.26. The smallest absolute Gasteiger partial charge is 0.337 e. The average molecular weight is 492 g/mol. The SMILES string of the molecule is CN1C(=O)/C(=N\C(Nc2ccccc2)C(Cl)C(Cl)(Cl)Cl)N(c2ccccc2F)C1=O. The molecule has 1 saturated heterocycles. The number of para-hydroxylation sites is 2. The molecule has 0 spiro atoms. The molecule has 1 N–H and O–H groups in total. The highest BCUT2D eigenvalue weighted by molar-refractivity contribution is 6.70. The third-order valence-corrected chi connectivity index (χ3v) is 5.83. The van der Waals surface area contributed by atoms with E-state index in [1.165, 1.54) is 25.2 Å². The van der Waals surface area contributed by atoms with Crippen LogP contribution in [0.15, 0.2) is 59.6 Å². The number of imide groups is 1. The minimum atomic E-state index is -1.96. The number of urea groups is 1. The van der Waals surface area contributed by atoms with Gasteiger partial charge in [0.25, 0.3) is 5.91 Å². The first-order valence-corrected chi connectivity index (χ1v) is 10.1. The van der Waals surface area contributed by atoms with Crippen molar-refractivity contribution in [1.29, 1.82) is 0 Å². The van der Waals surface area contributed by atoms with Crippen LogP contribution in [-0.4, -0.2) is 45.1 Å². The van der Waals surface area contributed by atoms with Gasteiger partial charge in [0, 0.05) is 12.7 Å². The normalized spacial score (nSPS) is 18.1. The van der Waals surface area contributed by atoms with Crippen molar-refractivity contribution in [1.82, 2.24) is 4.90 Å². The number of amides is 3. The number of benzene rings is 2. The molecule has 11 heteroatoms. The van der Waals surface area contributed by atoms with Gasteiger partial charge in [-0.25, -0.2) is 19.1 Å². The number of carbonyl (C=O) groups excluding carboxylic acids is 2. The molecule has 3 rings (SSSR count). The number of nitrogens with one attached hydrogen (secondary N) is 1. The predicted octanol–water partition coefficient (Wildman–Crippen LogP) is 5.04. The number of aliphatic imine (C=N–C) groups is 1. The molecule has 0 radical (unpaired) electrons. The molecule has 0 aliphatic carbocycles. The fraction of sp³-hybridized carbons (Fsp3) is 0.211. The van der Waals surface area contributed by atoms with Crippen molar-refractivity contribution in [3.05, 3.63) is 60.4 Å². The largest absolute Gasteiger partial charge is 0.362 e. The van der Waals surface area contributed by atoms with E-state index < -0.39 is 33.1 Å². The van der Waals surface area contributed by atoms with Gasteiger partial charge in [-0.2, -0.15) is 0 Å². The number of anilines is 2. The third kappa shape index (κ3) is 4.64. The van der Waals surface area contributed by atoms with Crippen molar-refractivity contribution in [3.63, 3.8) is 0 Å². The standard InChI is InChI=1S/C19H15Cl4FN4O2/c1-27-17(29)16(28(18(27)30)13-10-6-5-9-12(13)24)26-15(14(20)19(21,22)23)25-11-7-3-2-4-8-11/h2-10,14-15,25H,1H3/b26-16+. The molecule has 1 aliphatic rings. The predicted molar refractivity (Wildman–Crippen MR) is 118 cm³/mol. The summed E-state index contributed by atoms with van der Waals surface area (Å²) in [6, 6.07) is 13.5. The zero-order valence-electron chi connectivity index (χ0n) is 15.4. The van der Waals surface area contributed by atoms with Gasteiger partial charge in [-0.15, -0.1) is 11.6 Å². The fourth-order valence-corrected chi connectivity index (χ4v) is 3.20. The molecule has 2 aromatic carbocycles. The second kappa shape index (κ2) is 8.98. The number of hydrogen-bond acceptors (Lipinski definition) is 4. The minimum absolute atomic E-state index is 0.141. The molecule has 2 aromatic rings. The maximum absolute atomic E-state index is 14.4. The van der Waals surface area contributed by atoms with Gasteiger partial charge in [0.2, 0.25) is 9.63 Å². The van der Waals surface area contributed by atoms with E-state index >= 15 is 0 Å². The molecular weight excluding hydrogens is 477 g/mol. The Bertz CT molecular complexity index is 984. The molecule has 2 unspecified atom stereocenters. The lowest BCUT2D eigenvalue weighted by Gasteiger charge is -2.27. The van der Waals surface area contributed by atoms with Gasteiger partial charge >= 0.3 is 6.03 Å². The zero-order chi connectivity index (χ0) is 22.1. The fourth-order valence-electron chi connectivity index (χ4n) is 2.72. The number of rotatable bonds is 5. The van der Waals surface area contributed by atoms with Gasteiger partial charge in [0.15, 0.2) is 0 Å². The Hall–Kier alpha value is -2.06. The molecule has 0 saturated carbocycles. The van der Waals surface area contributed by atoms with E-state index in [-0.39, 0.29) is 11.5 Å². The van der Waals surface area contributed by atoms with E-state index in [2.05, 4.69) is 10.3 Å². The molecule has 6 nitrogen and oxygen atoms in total. The Balaban J connectivity index is 2.09. The van der Waals surface area contributed by atoms with Gasteiger partial charge in [-0.1, -0.05) is 65.1 Å². The lowest BCUT2D eigenvalue weighted by Crippen LogP contribution is -2.40. The van der Waals surface area contributed by atoms with Crippen LogP contribution in [0.2, 0.25) is 0 Å². The van der Waals surface area contributed by atoms with Crippen LogP contribution in [0.25, 0.3) is 0 Å². The summed E-state index contributed by atoms with van der Waals surface area (Å²) in [5.74, 6) is -1.82. The van der Waals surface area contributed by atoms with Crippen molar-refractivity contribution in [2.24, 2.45) is 4.99 Å². The first kappa shape index (κ1) is 22.6. The van der Waals surface area contributed by atoms with Crippen LogP contribution in [0, 0.1) is 5.82 Å². The Morgan fingerprint density at radius 2 is 1.63 bits per heavy atom. The molecule has 3 amide bonds. The Kier molecular flexibility index (Phi) is 6.77. The molecular formula is C19H15Cl4FN4O2. The number of likely N-dealkylation sites (N-methyl/N-ethyl adjacent to an activating group) is 1. The highest BCUT2D eigenvalue weighted by Crippen LogP contribution is 2.37. The van der Waals surface area contributed by atoms with Crippen LogP contribution < -0.4 is 10.2 Å². The number of nitrogens with zero attached hydrogens (tertiary/aromatic N) is 3. The van der Waals surface area contributed by atoms with Crippen LogP contribution in [0.4, 0.5) is 20.6 Å². The van der Waals surface area contributed by atoms with Crippen LogP contribution in [0.5, 0.6) is 0 Å². The summed E-state index contributed by atoms with van der Waals surface area (Å²) in [4.78, 5) is 31.3. The second-order valence-corrected chi connectivity index (χ2v) is 9.12. The van der Waals surface area contributed by atoms with Crippen LogP contribution in [0.1, 0.15) is 0 Å². The maximum atomic E-state index is 14.4. The van der Waals surface area contributed by atoms with Crippen molar-refractivity contribution < 1.29 is 14.0 Å². The van der Waals surface area contributed by atoms with Crippen LogP contribution >= 0.6 is 46.4 Å². The molecule has 1 fully saturated rings. The average Bonchev–Trinajstić information content (AvgIpc) is 2.91. The topological polar surface area (TPSA) is 65.0 Å². The summed E-state index contributed by atoms with van der Waals surface area (Å²) < 4.78 is 12.4. The van der Waals surface area contributed by atoms with Gasteiger partial charge in [-0.3, -0.25) is 9.69 Å². The van der Waals surface area contributed by atoms with Crippen LogP contribution in [-0.2, 0) is 4.79 Å². The highest BCUT2D eigenvalue weighted by atomic mass is 35.6. The summed E-state index contributed by atoms with van der Waals surface area (Å²) in [5, 5.41) is 1.73. The van der Waals surface area contributed by atoms with E-state index in [9.17, 15) is 14.0 Å². The minimum Gasteiger partial charge on any atom is -0.362 e. The number of amidine groups is 1. The molecule has 1 heterocycles. The first-order valence-electron chi connectivity index (χ1n) is 8.58. The molecule has 0 bridgehead atoms. The molecule has 30 heavy (non-hydrogen) atoms. The van der Waals surface area contributed by atoms with E-state index in [0.29, 0.717) is 5.69 Å². The Morgan fingerprint density at radius 3 is 2.23 bits per heavy atom. The monoisotopic (exact) mass is 490 g/mol. The highest BCUT2D eigenvalue weighted by Gasteiger charge is 2.45. The second-order valence-electron chi connectivity index (χ2n) is 6.28. The Morgan fingerprint density at radius 1 is 1.03 bits per heavy atom. The van der Waals surface area contributed by atoms with Gasteiger partial charge in [0.1, 0.15) is 17.4 Å². The van der Waals surface area contributed by atoms with Crippen molar-refractivity contribution in [2.45, 2.75) is 15.3 Å². The van der Waals surface area contributed by atoms with Crippen molar-refractivity contribution >= 4 is 75.6 Å². The van der Waals surface area contributed by atoms with E-state index in [1.807, 2.05) is 0 Å². The summed E-state index contributed by atoms with van der Waals surface area (Å²) in [6.45, 7) is 0. The quantitative estimate of drug-likeness (QED) is 0.470. The molecule has 158 valence electrons. The van der Waals surface area contributed by atoms with E-state index in [1.54, 1.807) is 30.3 Å². The first-order chi connectivity index (χ1) is 14.1. The Labute approximate surface area is 192 Å². The summed E-state index contributed by atoms with van der Waals surface area (Å²) >= 11 is 24.2. The number of hydrogen-bond donors (Lipinski definition) is 1. The van der Waals surface area contributed by atoms with Crippen molar-refractivity contribution in [2.75, 3.05) is 17.3 Å².